The predicted octanol–water partition coefficient (Wildman–Crippen LogP) is 2.81. The molecule has 0 aliphatic carbocycles. The van der Waals surface area contributed by atoms with Gasteiger partial charge in [0.15, 0.2) is 11.6 Å². The molecule has 0 amide bonds. The molecule has 0 saturated carbocycles. The summed E-state index contributed by atoms with van der Waals surface area (Å²) in [6.45, 7) is 6.62. The first-order valence-electron chi connectivity index (χ1n) is 5.40. The van der Waals surface area contributed by atoms with Gasteiger partial charge in [0.2, 0.25) is 0 Å². The second kappa shape index (κ2) is 5.16. The number of hydrogen-bond acceptors (Lipinski definition) is 4. The zero-order valence-electron chi connectivity index (χ0n) is 10.7. The third-order valence-electron chi connectivity index (χ3n) is 1.87. The lowest BCUT2D eigenvalue weighted by Gasteiger charge is -2.18. The van der Waals surface area contributed by atoms with Crippen LogP contribution in [0.15, 0.2) is 23.0 Å². The molecule has 0 heterocycles. The lowest BCUT2D eigenvalue weighted by molar-refractivity contribution is 0.0204. The van der Waals surface area contributed by atoms with Crippen LogP contribution < -0.4 is 10.2 Å². The molecule has 1 rings (SSSR count). The molecule has 4 nitrogen and oxygen atoms in total. The zero-order chi connectivity index (χ0) is 13.9. The van der Waals surface area contributed by atoms with Crippen LogP contribution in [0.2, 0.25) is 0 Å². The van der Waals surface area contributed by atoms with E-state index < -0.39 is 23.0 Å². The van der Waals surface area contributed by atoms with Gasteiger partial charge in [0.05, 0.1) is 0 Å². The molecule has 18 heavy (non-hydrogen) atoms. The number of aryl methyl sites for hydroxylation is 1. The fourth-order valence-corrected chi connectivity index (χ4v) is 1.15. The zero-order valence-corrected chi connectivity index (χ0v) is 10.7. The topological polar surface area (TPSA) is 52.6 Å². The number of ether oxygens (including phenoxy) is 2. The van der Waals surface area contributed by atoms with E-state index in [9.17, 15) is 14.0 Å². The van der Waals surface area contributed by atoms with Gasteiger partial charge >= 0.3 is 6.16 Å². The van der Waals surface area contributed by atoms with E-state index in [2.05, 4.69) is 0 Å². The summed E-state index contributed by atoms with van der Waals surface area (Å²) in [4.78, 5) is 22.9. The minimum atomic E-state index is -1.04. The van der Waals surface area contributed by atoms with E-state index in [-0.39, 0.29) is 5.75 Å². The second-order valence-electron chi connectivity index (χ2n) is 4.83. The summed E-state index contributed by atoms with van der Waals surface area (Å²) >= 11 is 0. The Morgan fingerprint density at radius 2 is 1.89 bits per heavy atom. The van der Waals surface area contributed by atoms with Crippen molar-refractivity contribution in [3.05, 3.63) is 39.8 Å². The molecule has 0 fully saturated rings. The van der Waals surface area contributed by atoms with E-state index in [0.29, 0.717) is 5.56 Å². The SMILES string of the molecule is Cc1ccc(F)c(=O)c(OC(=O)OC(C)(C)C)c1. The molecule has 0 aliphatic heterocycles. The number of carbonyl (C=O) groups is 1. The van der Waals surface area contributed by atoms with E-state index in [1.165, 1.54) is 12.1 Å². The summed E-state index contributed by atoms with van der Waals surface area (Å²) in [7, 11) is 0. The number of carbonyl (C=O) groups excluding carboxylic acids is 1. The molecule has 0 unspecified atom stereocenters. The Morgan fingerprint density at radius 1 is 1.28 bits per heavy atom. The van der Waals surface area contributed by atoms with Crippen molar-refractivity contribution in [3.63, 3.8) is 0 Å². The van der Waals surface area contributed by atoms with E-state index in [1.54, 1.807) is 27.7 Å². The van der Waals surface area contributed by atoms with Crippen LogP contribution in [-0.4, -0.2) is 11.8 Å². The van der Waals surface area contributed by atoms with E-state index in [4.69, 9.17) is 9.47 Å². The maximum Gasteiger partial charge on any atom is 0.514 e. The molecular formula is C13H15FO4. The van der Waals surface area contributed by atoms with Gasteiger partial charge in [-0.05, 0) is 45.4 Å². The molecule has 0 N–H and O–H groups in total. The maximum atomic E-state index is 13.2. The summed E-state index contributed by atoms with van der Waals surface area (Å²) < 4.78 is 22.9. The highest BCUT2D eigenvalue weighted by Crippen LogP contribution is 2.12. The lowest BCUT2D eigenvalue weighted by Crippen LogP contribution is -2.27. The van der Waals surface area contributed by atoms with Gasteiger partial charge in [-0.1, -0.05) is 6.07 Å². The highest BCUT2D eigenvalue weighted by Gasteiger charge is 2.19. The molecule has 0 bridgehead atoms. The van der Waals surface area contributed by atoms with Crippen molar-refractivity contribution < 1.29 is 18.7 Å². The fraction of sp³-hybridized carbons (Fsp3) is 0.385. The molecular weight excluding hydrogens is 239 g/mol. The van der Waals surface area contributed by atoms with Crippen LogP contribution >= 0.6 is 0 Å². The minimum Gasteiger partial charge on any atom is -0.428 e. The van der Waals surface area contributed by atoms with E-state index in [0.717, 1.165) is 6.07 Å². The van der Waals surface area contributed by atoms with Gasteiger partial charge in [-0.2, -0.15) is 0 Å². The molecule has 0 atom stereocenters. The van der Waals surface area contributed by atoms with Crippen molar-refractivity contribution in [3.8, 4) is 5.75 Å². The Balaban J connectivity index is 3.03. The van der Waals surface area contributed by atoms with Gasteiger partial charge in [-0.15, -0.1) is 0 Å². The average Bonchev–Trinajstić information content (AvgIpc) is 2.30. The van der Waals surface area contributed by atoms with Crippen molar-refractivity contribution in [2.75, 3.05) is 0 Å². The highest BCUT2D eigenvalue weighted by atomic mass is 19.1. The first-order chi connectivity index (χ1) is 8.19. The Kier molecular flexibility index (Phi) is 4.06. The standard InChI is InChI=1S/C13H15FO4/c1-8-5-6-9(14)11(15)10(7-8)17-12(16)18-13(2,3)4/h5-7H,1-4H3. The normalized spacial score (nSPS) is 10.9. The third kappa shape index (κ3) is 4.16. The fourth-order valence-electron chi connectivity index (χ4n) is 1.15. The van der Waals surface area contributed by atoms with Crippen LogP contribution in [0.5, 0.6) is 5.75 Å². The van der Waals surface area contributed by atoms with Gasteiger partial charge in [-0.3, -0.25) is 4.79 Å². The number of halogens is 1. The summed E-state index contributed by atoms with van der Waals surface area (Å²) in [5.74, 6) is -1.37. The van der Waals surface area contributed by atoms with Gasteiger partial charge < -0.3 is 9.47 Å². The van der Waals surface area contributed by atoms with Crippen LogP contribution in [0.3, 0.4) is 0 Å². The molecule has 5 heteroatoms. The summed E-state index contributed by atoms with van der Waals surface area (Å²) in [6.07, 6.45) is -1.04. The number of hydrogen-bond donors (Lipinski definition) is 0. The van der Waals surface area contributed by atoms with E-state index >= 15 is 0 Å². The molecule has 98 valence electrons. The van der Waals surface area contributed by atoms with E-state index in [1.807, 2.05) is 0 Å². The first kappa shape index (κ1) is 14.2. The molecule has 0 aromatic heterocycles. The predicted molar refractivity (Wildman–Crippen MR) is 64.3 cm³/mol. The highest BCUT2D eigenvalue weighted by molar-refractivity contribution is 5.64. The summed E-state index contributed by atoms with van der Waals surface area (Å²) in [5, 5.41) is 0. The van der Waals surface area contributed by atoms with Crippen molar-refractivity contribution in [2.24, 2.45) is 0 Å². The van der Waals surface area contributed by atoms with Crippen LogP contribution in [-0.2, 0) is 4.74 Å². The van der Waals surface area contributed by atoms with Gasteiger partial charge in [-0.25, -0.2) is 9.18 Å². The van der Waals surface area contributed by atoms with Gasteiger partial charge in [0, 0.05) is 0 Å². The molecule has 1 aromatic carbocycles. The Morgan fingerprint density at radius 3 is 2.44 bits per heavy atom. The van der Waals surface area contributed by atoms with Crippen LogP contribution in [0.1, 0.15) is 26.3 Å². The Hall–Kier alpha value is -1.91. The molecule has 0 saturated heterocycles. The van der Waals surface area contributed by atoms with Crippen molar-refractivity contribution >= 4 is 6.16 Å². The van der Waals surface area contributed by atoms with Gasteiger partial charge in [0.25, 0.3) is 5.43 Å². The Bertz CT molecular complexity index is 517. The first-order valence-corrected chi connectivity index (χ1v) is 5.40. The average molecular weight is 254 g/mol. The largest absolute Gasteiger partial charge is 0.514 e. The van der Waals surface area contributed by atoms with Crippen molar-refractivity contribution in [1.82, 2.24) is 0 Å². The molecule has 0 radical (unpaired) electrons. The maximum absolute atomic E-state index is 13.2. The molecule has 0 spiro atoms. The summed E-state index contributed by atoms with van der Waals surface area (Å²) in [6, 6.07) is 3.73. The number of rotatable bonds is 1. The minimum absolute atomic E-state index is 0.385. The third-order valence-corrected chi connectivity index (χ3v) is 1.87. The Labute approximate surface area is 104 Å². The van der Waals surface area contributed by atoms with Crippen LogP contribution in [0.4, 0.5) is 9.18 Å². The summed E-state index contributed by atoms with van der Waals surface area (Å²) in [5.41, 5.74) is -1.13. The molecule has 0 aliphatic rings. The lowest BCUT2D eigenvalue weighted by atomic mass is 10.2. The van der Waals surface area contributed by atoms with Crippen LogP contribution in [0.25, 0.3) is 0 Å². The quantitative estimate of drug-likeness (QED) is 0.723. The molecule has 1 aromatic rings. The monoisotopic (exact) mass is 254 g/mol. The second-order valence-corrected chi connectivity index (χ2v) is 4.83. The van der Waals surface area contributed by atoms with Gasteiger partial charge in [0.1, 0.15) is 5.60 Å². The van der Waals surface area contributed by atoms with Crippen molar-refractivity contribution in [1.29, 1.82) is 0 Å². The van der Waals surface area contributed by atoms with Crippen LogP contribution in [0, 0.1) is 12.7 Å². The van der Waals surface area contributed by atoms with Crippen molar-refractivity contribution in [2.45, 2.75) is 33.3 Å². The smallest absolute Gasteiger partial charge is 0.428 e.